The van der Waals surface area contributed by atoms with Crippen molar-refractivity contribution in [3.05, 3.63) is 64.2 Å². The summed E-state index contributed by atoms with van der Waals surface area (Å²) in [5.74, 6) is 0. The van der Waals surface area contributed by atoms with Gasteiger partial charge in [0, 0.05) is 18.1 Å². The molecule has 2 rings (SSSR count). The molecular weight excluding hydrogens is 308 g/mol. The van der Waals surface area contributed by atoms with Crippen LogP contribution in [0.25, 0.3) is 0 Å². The third-order valence-corrected chi connectivity index (χ3v) is 4.95. The standard InChI is InChI=1S/C15H17ClN2O2S/c1-11-8-14(16)6-7-15(11)21(19,20)18-10-13-4-2-12(9-17)3-5-13/h2-8,18H,9-10,17H2,1H3. The van der Waals surface area contributed by atoms with Crippen molar-refractivity contribution in [3.63, 3.8) is 0 Å². The molecule has 0 saturated heterocycles. The van der Waals surface area contributed by atoms with Crippen LogP contribution in [0.15, 0.2) is 47.4 Å². The Morgan fingerprint density at radius 1 is 1.10 bits per heavy atom. The lowest BCUT2D eigenvalue weighted by Crippen LogP contribution is -2.24. The molecule has 2 aromatic carbocycles. The van der Waals surface area contributed by atoms with Crippen molar-refractivity contribution in [1.29, 1.82) is 0 Å². The first-order chi connectivity index (χ1) is 9.92. The van der Waals surface area contributed by atoms with E-state index < -0.39 is 10.0 Å². The van der Waals surface area contributed by atoms with E-state index in [1.165, 1.54) is 6.07 Å². The highest BCUT2D eigenvalue weighted by Crippen LogP contribution is 2.19. The van der Waals surface area contributed by atoms with E-state index in [1.54, 1.807) is 19.1 Å². The highest BCUT2D eigenvalue weighted by Gasteiger charge is 2.16. The molecule has 4 nitrogen and oxygen atoms in total. The van der Waals surface area contributed by atoms with Crippen molar-refractivity contribution in [2.24, 2.45) is 5.73 Å². The molecule has 0 radical (unpaired) electrons. The fourth-order valence-electron chi connectivity index (χ4n) is 1.96. The van der Waals surface area contributed by atoms with Crippen LogP contribution in [0, 0.1) is 6.92 Å². The van der Waals surface area contributed by atoms with Gasteiger partial charge in [0.15, 0.2) is 0 Å². The van der Waals surface area contributed by atoms with E-state index in [0.717, 1.165) is 11.1 Å². The second-order valence-corrected chi connectivity index (χ2v) is 6.93. The maximum Gasteiger partial charge on any atom is 0.241 e. The third kappa shape index (κ3) is 4.04. The van der Waals surface area contributed by atoms with Gasteiger partial charge in [-0.15, -0.1) is 0 Å². The zero-order valence-corrected chi connectivity index (χ0v) is 13.2. The van der Waals surface area contributed by atoms with Crippen molar-refractivity contribution in [2.75, 3.05) is 0 Å². The number of nitrogens with two attached hydrogens (primary N) is 1. The molecule has 0 unspecified atom stereocenters. The topological polar surface area (TPSA) is 72.2 Å². The van der Waals surface area contributed by atoms with Crippen LogP contribution >= 0.6 is 11.6 Å². The first-order valence-corrected chi connectivity index (χ1v) is 8.32. The van der Waals surface area contributed by atoms with Gasteiger partial charge in [-0.1, -0.05) is 35.9 Å². The minimum absolute atomic E-state index is 0.231. The quantitative estimate of drug-likeness (QED) is 0.888. The molecule has 0 aliphatic carbocycles. The first-order valence-electron chi connectivity index (χ1n) is 6.46. The normalized spacial score (nSPS) is 11.6. The maximum atomic E-state index is 12.3. The van der Waals surface area contributed by atoms with Gasteiger partial charge < -0.3 is 5.73 Å². The molecule has 0 aliphatic heterocycles. The van der Waals surface area contributed by atoms with Crippen molar-refractivity contribution < 1.29 is 8.42 Å². The Bertz CT molecular complexity index is 728. The van der Waals surface area contributed by atoms with Crippen LogP contribution in [0.1, 0.15) is 16.7 Å². The van der Waals surface area contributed by atoms with Gasteiger partial charge in [0.2, 0.25) is 10.0 Å². The van der Waals surface area contributed by atoms with Gasteiger partial charge in [-0.2, -0.15) is 0 Å². The van der Waals surface area contributed by atoms with E-state index in [1.807, 2.05) is 24.3 Å². The number of rotatable bonds is 5. The average molecular weight is 325 g/mol. The first kappa shape index (κ1) is 16.0. The molecule has 0 fully saturated rings. The number of hydrogen-bond acceptors (Lipinski definition) is 3. The predicted octanol–water partition coefficient (Wildman–Crippen LogP) is 2.59. The Hall–Kier alpha value is -1.40. The van der Waals surface area contributed by atoms with E-state index in [4.69, 9.17) is 17.3 Å². The minimum Gasteiger partial charge on any atom is -0.326 e. The minimum atomic E-state index is -3.55. The summed E-state index contributed by atoms with van der Waals surface area (Å²) in [5.41, 5.74) is 8.03. The summed E-state index contributed by atoms with van der Waals surface area (Å²) in [6.45, 7) is 2.42. The number of aryl methyl sites for hydroxylation is 1. The monoisotopic (exact) mass is 324 g/mol. The number of hydrogen-bond donors (Lipinski definition) is 2. The predicted molar refractivity (Wildman–Crippen MR) is 84.5 cm³/mol. The summed E-state index contributed by atoms with van der Waals surface area (Å²) in [4.78, 5) is 0.241. The molecule has 0 heterocycles. The SMILES string of the molecule is Cc1cc(Cl)ccc1S(=O)(=O)NCc1ccc(CN)cc1. The molecule has 112 valence electrons. The molecule has 0 spiro atoms. The summed E-state index contributed by atoms with van der Waals surface area (Å²) in [7, 11) is -3.55. The Morgan fingerprint density at radius 2 is 1.71 bits per heavy atom. The lowest BCUT2D eigenvalue weighted by Gasteiger charge is -2.10. The molecule has 2 aromatic rings. The van der Waals surface area contributed by atoms with Gasteiger partial charge >= 0.3 is 0 Å². The zero-order valence-electron chi connectivity index (χ0n) is 11.6. The summed E-state index contributed by atoms with van der Waals surface area (Å²) in [6.07, 6.45) is 0. The zero-order chi connectivity index (χ0) is 15.5. The molecule has 0 saturated carbocycles. The van der Waals surface area contributed by atoms with Gasteiger partial charge in [0.1, 0.15) is 0 Å². The number of sulfonamides is 1. The molecule has 0 bridgehead atoms. The van der Waals surface area contributed by atoms with Crippen molar-refractivity contribution in [3.8, 4) is 0 Å². The lowest BCUT2D eigenvalue weighted by atomic mass is 10.1. The van der Waals surface area contributed by atoms with E-state index >= 15 is 0 Å². The summed E-state index contributed by atoms with van der Waals surface area (Å²) >= 11 is 5.84. The number of benzene rings is 2. The molecule has 0 aliphatic rings. The maximum absolute atomic E-state index is 12.3. The second-order valence-electron chi connectivity index (χ2n) is 4.75. The van der Waals surface area contributed by atoms with Crippen molar-refractivity contribution in [1.82, 2.24) is 4.72 Å². The molecule has 0 aromatic heterocycles. The smallest absolute Gasteiger partial charge is 0.241 e. The molecule has 0 atom stereocenters. The molecule has 6 heteroatoms. The van der Waals surface area contributed by atoms with E-state index in [-0.39, 0.29) is 11.4 Å². The molecule has 0 amide bonds. The summed E-state index contributed by atoms with van der Waals surface area (Å²) in [6, 6.07) is 12.2. The van der Waals surface area contributed by atoms with Crippen LogP contribution in [0.5, 0.6) is 0 Å². The van der Waals surface area contributed by atoms with Gasteiger partial charge in [0.25, 0.3) is 0 Å². The van der Waals surface area contributed by atoms with Crippen LogP contribution in [0.2, 0.25) is 5.02 Å². The van der Waals surface area contributed by atoms with Crippen LogP contribution in [0.4, 0.5) is 0 Å². The average Bonchev–Trinajstić information content (AvgIpc) is 2.45. The van der Waals surface area contributed by atoms with Gasteiger partial charge in [0.05, 0.1) is 4.90 Å². The van der Waals surface area contributed by atoms with Crippen LogP contribution < -0.4 is 10.5 Å². The number of nitrogens with one attached hydrogen (secondary N) is 1. The third-order valence-electron chi connectivity index (χ3n) is 3.15. The van der Waals surface area contributed by atoms with Gasteiger partial charge in [-0.05, 0) is 41.8 Å². The summed E-state index contributed by atoms with van der Waals surface area (Å²) in [5, 5.41) is 0.517. The van der Waals surface area contributed by atoms with Crippen molar-refractivity contribution in [2.45, 2.75) is 24.9 Å². The lowest BCUT2D eigenvalue weighted by molar-refractivity contribution is 0.580. The highest BCUT2D eigenvalue weighted by molar-refractivity contribution is 7.89. The van der Waals surface area contributed by atoms with Crippen molar-refractivity contribution >= 4 is 21.6 Å². The van der Waals surface area contributed by atoms with E-state index in [9.17, 15) is 8.42 Å². The fourth-order valence-corrected chi connectivity index (χ4v) is 3.43. The van der Waals surface area contributed by atoms with Gasteiger partial charge in [-0.25, -0.2) is 13.1 Å². The second kappa shape index (κ2) is 6.58. The Labute approximate surface area is 130 Å². The molecular formula is C15H17ClN2O2S. The Balaban J connectivity index is 2.13. The Morgan fingerprint density at radius 3 is 2.29 bits per heavy atom. The summed E-state index contributed by atoms with van der Waals surface area (Å²) < 4.78 is 27.2. The Kier molecular flexibility index (Phi) is 5.00. The number of halogens is 1. The highest BCUT2D eigenvalue weighted by atomic mass is 35.5. The van der Waals surface area contributed by atoms with E-state index in [2.05, 4.69) is 4.72 Å². The molecule has 21 heavy (non-hydrogen) atoms. The molecule has 3 N–H and O–H groups in total. The van der Waals surface area contributed by atoms with Crippen LogP contribution in [-0.2, 0) is 23.1 Å². The van der Waals surface area contributed by atoms with E-state index in [0.29, 0.717) is 17.1 Å². The van der Waals surface area contributed by atoms with Gasteiger partial charge in [-0.3, -0.25) is 0 Å². The fraction of sp³-hybridized carbons (Fsp3) is 0.200. The largest absolute Gasteiger partial charge is 0.326 e. The van der Waals surface area contributed by atoms with Crippen LogP contribution in [0.3, 0.4) is 0 Å². The van der Waals surface area contributed by atoms with Crippen LogP contribution in [-0.4, -0.2) is 8.42 Å².